The Kier molecular flexibility index (Phi) is 4.17. The summed E-state index contributed by atoms with van der Waals surface area (Å²) in [4.78, 5) is 8.76. The summed E-state index contributed by atoms with van der Waals surface area (Å²) >= 11 is 0. The first-order chi connectivity index (χ1) is 11.8. The quantitative estimate of drug-likeness (QED) is 0.907. The predicted octanol–water partition coefficient (Wildman–Crippen LogP) is 3.12. The molecule has 0 bridgehead atoms. The fraction of sp³-hybridized carbons (Fsp3) is 0.368. The van der Waals surface area contributed by atoms with Gasteiger partial charge in [-0.25, -0.2) is 4.98 Å². The van der Waals surface area contributed by atoms with Gasteiger partial charge in [-0.05, 0) is 42.0 Å². The number of hydrogen-bond donors (Lipinski definition) is 2. The first-order valence-electron chi connectivity index (χ1n) is 8.51. The number of nitrogens with zero attached hydrogens (tertiary/aromatic N) is 2. The lowest BCUT2D eigenvalue weighted by molar-refractivity contribution is 0.0595. The van der Waals surface area contributed by atoms with Crippen LogP contribution in [0.3, 0.4) is 0 Å². The average Bonchev–Trinajstić information content (AvgIpc) is 3.14. The van der Waals surface area contributed by atoms with Crippen LogP contribution in [-0.4, -0.2) is 37.5 Å². The molecule has 2 aromatic rings. The van der Waals surface area contributed by atoms with Crippen molar-refractivity contribution in [1.29, 1.82) is 0 Å². The maximum absolute atomic E-state index is 6.02. The number of nitrogens with two attached hydrogens (primary N) is 1. The van der Waals surface area contributed by atoms with E-state index in [0.29, 0.717) is 11.7 Å². The molecule has 5 heteroatoms. The minimum Gasteiger partial charge on any atom is -0.384 e. The molecule has 0 amide bonds. The van der Waals surface area contributed by atoms with Gasteiger partial charge in [-0.2, -0.15) is 0 Å². The van der Waals surface area contributed by atoms with Gasteiger partial charge in [0.1, 0.15) is 5.82 Å². The summed E-state index contributed by atoms with van der Waals surface area (Å²) in [6.45, 7) is 3.37. The van der Waals surface area contributed by atoms with Gasteiger partial charge in [0.2, 0.25) is 0 Å². The molecule has 2 aliphatic heterocycles. The van der Waals surface area contributed by atoms with Gasteiger partial charge in [-0.3, -0.25) is 4.99 Å². The maximum atomic E-state index is 6.02. The second-order valence-electron chi connectivity index (χ2n) is 6.47. The Bertz CT molecular complexity index is 806. The van der Waals surface area contributed by atoms with Crippen molar-refractivity contribution in [2.24, 2.45) is 10.9 Å². The van der Waals surface area contributed by atoms with E-state index in [1.807, 2.05) is 12.3 Å². The standard InChI is InChI=1S/C19H22N4O/c20-19-9-17(22-10-13-2-1-7-24-12-13)16-4-3-14(8-18(16)23-19)15-5-6-21-11-15/h3-6,8-9,13H,1-2,7,10-12H2,(H3,20,22,23)/t13-/m1/s1. The molecule has 4 rings (SSSR count). The highest BCUT2D eigenvalue weighted by atomic mass is 16.5. The number of hydrogen-bond acceptors (Lipinski definition) is 5. The first-order valence-corrected chi connectivity index (χ1v) is 8.51. The molecular weight excluding hydrogens is 300 g/mol. The smallest absolute Gasteiger partial charge is 0.126 e. The lowest BCUT2D eigenvalue weighted by Crippen LogP contribution is -2.24. The van der Waals surface area contributed by atoms with E-state index < -0.39 is 0 Å². The van der Waals surface area contributed by atoms with Gasteiger partial charge in [0, 0.05) is 36.5 Å². The molecule has 3 heterocycles. The summed E-state index contributed by atoms with van der Waals surface area (Å²) in [5, 5.41) is 4.65. The fourth-order valence-electron chi connectivity index (χ4n) is 3.35. The minimum atomic E-state index is 0.540. The second-order valence-corrected chi connectivity index (χ2v) is 6.47. The highest BCUT2D eigenvalue weighted by molar-refractivity contribution is 5.96. The van der Waals surface area contributed by atoms with E-state index in [9.17, 15) is 0 Å². The second kappa shape index (κ2) is 6.61. The zero-order valence-electron chi connectivity index (χ0n) is 13.7. The monoisotopic (exact) mass is 322 g/mol. The number of nitrogen functional groups attached to an aromatic ring is 1. The number of aliphatic imine (C=N–C) groups is 1. The van der Waals surface area contributed by atoms with E-state index in [2.05, 4.69) is 39.6 Å². The maximum Gasteiger partial charge on any atom is 0.126 e. The first kappa shape index (κ1) is 15.1. The fourth-order valence-corrected chi connectivity index (χ4v) is 3.35. The third-order valence-corrected chi connectivity index (χ3v) is 4.68. The summed E-state index contributed by atoms with van der Waals surface area (Å²) in [6.07, 6.45) is 6.26. The zero-order valence-corrected chi connectivity index (χ0v) is 13.7. The van der Waals surface area contributed by atoms with E-state index in [0.717, 1.165) is 54.9 Å². The van der Waals surface area contributed by atoms with Gasteiger partial charge < -0.3 is 15.8 Å². The summed E-state index contributed by atoms with van der Waals surface area (Å²) in [5.74, 6) is 1.10. The summed E-state index contributed by atoms with van der Waals surface area (Å²) < 4.78 is 5.56. The minimum absolute atomic E-state index is 0.540. The van der Waals surface area contributed by atoms with Crippen LogP contribution in [0.5, 0.6) is 0 Å². The van der Waals surface area contributed by atoms with Crippen LogP contribution in [0.15, 0.2) is 35.3 Å². The van der Waals surface area contributed by atoms with E-state index >= 15 is 0 Å². The van der Waals surface area contributed by atoms with Crippen molar-refractivity contribution in [3.63, 3.8) is 0 Å². The van der Waals surface area contributed by atoms with E-state index in [-0.39, 0.29) is 0 Å². The average molecular weight is 322 g/mol. The Morgan fingerprint density at radius 2 is 2.25 bits per heavy atom. The van der Waals surface area contributed by atoms with Crippen molar-refractivity contribution < 1.29 is 4.74 Å². The third-order valence-electron chi connectivity index (χ3n) is 4.68. The lowest BCUT2D eigenvalue weighted by atomic mass is 10.0. The summed E-state index contributed by atoms with van der Waals surface area (Å²) in [6, 6.07) is 8.27. The largest absolute Gasteiger partial charge is 0.384 e. The molecule has 2 aliphatic rings. The number of nitrogens with one attached hydrogen (secondary N) is 1. The summed E-state index contributed by atoms with van der Waals surface area (Å²) in [7, 11) is 0. The molecule has 5 nitrogen and oxygen atoms in total. The van der Waals surface area contributed by atoms with Gasteiger partial charge in [0.05, 0.1) is 18.7 Å². The number of anilines is 2. The molecule has 1 fully saturated rings. The van der Waals surface area contributed by atoms with Crippen LogP contribution in [0, 0.1) is 5.92 Å². The Morgan fingerprint density at radius 3 is 3.04 bits per heavy atom. The van der Waals surface area contributed by atoms with Crippen LogP contribution in [0.1, 0.15) is 18.4 Å². The highest BCUT2D eigenvalue weighted by Crippen LogP contribution is 2.28. The van der Waals surface area contributed by atoms with E-state index in [4.69, 9.17) is 10.5 Å². The Balaban J connectivity index is 1.60. The molecule has 0 saturated carbocycles. The van der Waals surface area contributed by atoms with E-state index in [1.54, 1.807) is 0 Å². The van der Waals surface area contributed by atoms with Gasteiger partial charge in [0.25, 0.3) is 0 Å². The molecule has 124 valence electrons. The molecule has 24 heavy (non-hydrogen) atoms. The number of allylic oxidation sites excluding steroid dienone is 1. The number of pyridine rings is 1. The summed E-state index contributed by atoms with van der Waals surface area (Å²) in [5.41, 5.74) is 10.4. The molecular formula is C19H22N4O. The van der Waals surface area contributed by atoms with Crippen LogP contribution in [0.25, 0.3) is 16.5 Å². The highest BCUT2D eigenvalue weighted by Gasteiger charge is 2.15. The molecule has 0 unspecified atom stereocenters. The molecule has 1 aromatic carbocycles. The third kappa shape index (κ3) is 3.12. The van der Waals surface area contributed by atoms with Gasteiger partial charge in [-0.1, -0.05) is 12.1 Å². The molecule has 0 aliphatic carbocycles. The van der Waals surface area contributed by atoms with Crippen LogP contribution in [0.4, 0.5) is 11.5 Å². The topological polar surface area (TPSA) is 72.5 Å². The van der Waals surface area contributed by atoms with Crippen molar-refractivity contribution in [2.75, 3.05) is 37.4 Å². The van der Waals surface area contributed by atoms with Gasteiger partial charge >= 0.3 is 0 Å². The molecule has 1 saturated heterocycles. The van der Waals surface area contributed by atoms with Crippen molar-refractivity contribution in [2.45, 2.75) is 12.8 Å². The number of aromatic nitrogens is 1. The van der Waals surface area contributed by atoms with Crippen molar-refractivity contribution in [3.05, 3.63) is 35.9 Å². The Hall–Kier alpha value is -2.40. The number of ether oxygens (including phenoxy) is 1. The van der Waals surface area contributed by atoms with Crippen molar-refractivity contribution >= 4 is 34.2 Å². The number of fused-ring (bicyclic) bond motifs is 1. The predicted molar refractivity (Wildman–Crippen MR) is 99.5 cm³/mol. The van der Waals surface area contributed by atoms with Crippen LogP contribution < -0.4 is 11.1 Å². The van der Waals surface area contributed by atoms with Crippen molar-refractivity contribution in [1.82, 2.24) is 4.98 Å². The van der Waals surface area contributed by atoms with E-state index in [1.165, 1.54) is 12.0 Å². The molecule has 3 N–H and O–H groups in total. The molecule has 1 aromatic heterocycles. The molecule has 0 spiro atoms. The molecule has 1 atom stereocenters. The van der Waals surface area contributed by atoms with Crippen LogP contribution in [-0.2, 0) is 4.74 Å². The molecule has 0 radical (unpaired) electrons. The van der Waals surface area contributed by atoms with Crippen LogP contribution in [0.2, 0.25) is 0 Å². The van der Waals surface area contributed by atoms with Gasteiger partial charge in [-0.15, -0.1) is 0 Å². The van der Waals surface area contributed by atoms with Gasteiger partial charge in [0.15, 0.2) is 0 Å². The SMILES string of the molecule is Nc1cc(NC[C@H]2CCCOC2)c2ccc(C3=CC=NC3)cc2n1. The Labute approximate surface area is 141 Å². The number of benzene rings is 1. The van der Waals surface area contributed by atoms with Crippen LogP contribution >= 0.6 is 0 Å². The Morgan fingerprint density at radius 1 is 1.29 bits per heavy atom. The lowest BCUT2D eigenvalue weighted by Gasteiger charge is -2.23. The van der Waals surface area contributed by atoms with Crippen molar-refractivity contribution in [3.8, 4) is 0 Å². The number of rotatable bonds is 4. The zero-order chi connectivity index (χ0) is 16.4. The normalized spacial score (nSPS) is 20.3.